The normalized spacial score (nSPS) is 28.2. The highest BCUT2D eigenvalue weighted by molar-refractivity contribution is 9.10. The zero-order chi connectivity index (χ0) is 23.6. The first-order valence-corrected chi connectivity index (χ1v) is 11.3. The van der Waals surface area contributed by atoms with Crippen molar-refractivity contribution in [3.8, 4) is 5.75 Å². The molecule has 0 spiro atoms. The molecule has 1 aliphatic heterocycles. The third-order valence-corrected chi connectivity index (χ3v) is 6.55. The first kappa shape index (κ1) is 25.1. The van der Waals surface area contributed by atoms with Crippen molar-refractivity contribution in [1.82, 2.24) is 0 Å². The first-order valence-electron chi connectivity index (χ1n) is 10.5. The van der Waals surface area contributed by atoms with Gasteiger partial charge in [-0.25, -0.2) is 0 Å². The van der Waals surface area contributed by atoms with E-state index in [4.69, 9.17) is 14.2 Å². The molecule has 1 fully saturated rings. The third kappa shape index (κ3) is 4.59. The van der Waals surface area contributed by atoms with Crippen molar-refractivity contribution in [3.63, 3.8) is 0 Å². The van der Waals surface area contributed by atoms with Gasteiger partial charge < -0.3 is 34.6 Å². The second kappa shape index (κ2) is 10.2. The van der Waals surface area contributed by atoms with E-state index in [9.17, 15) is 20.4 Å². The van der Waals surface area contributed by atoms with E-state index in [1.807, 2.05) is 36.4 Å². The number of methoxy groups -OCH3 is 2. The smallest absolute Gasteiger partial charge is 0.228 e. The molecule has 2 aromatic rings. The van der Waals surface area contributed by atoms with Crippen LogP contribution in [0.5, 0.6) is 5.75 Å². The van der Waals surface area contributed by atoms with Crippen LogP contribution >= 0.6 is 15.9 Å². The Bertz CT molecular complexity index is 915. The molecule has 8 heteroatoms. The molecule has 7 nitrogen and oxygen atoms in total. The van der Waals surface area contributed by atoms with Crippen molar-refractivity contribution in [2.75, 3.05) is 20.8 Å². The van der Waals surface area contributed by atoms with Crippen LogP contribution in [0.1, 0.15) is 42.0 Å². The lowest BCUT2D eigenvalue weighted by atomic mass is 9.84. The maximum atomic E-state index is 10.9. The summed E-state index contributed by atoms with van der Waals surface area (Å²) < 4.78 is 18.2. The molecule has 1 heterocycles. The highest BCUT2D eigenvalue weighted by Gasteiger charge is 2.56. The van der Waals surface area contributed by atoms with Crippen LogP contribution in [0.3, 0.4) is 0 Å². The average molecular weight is 511 g/mol. The molecular formula is C24H31BrO7. The summed E-state index contributed by atoms with van der Waals surface area (Å²) in [7, 11) is 2.84. The van der Waals surface area contributed by atoms with Crippen LogP contribution in [-0.2, 0) is 21.7 Å². The van der Waals surface area contributed by atoms with Crippen LogP contribution in [-0.4, -0.2) is 65.7 Å². The van der Waals surface area contributed by atoms with E-state index >= 15 is 0 Å². The predicted octanol–water partition coefficient (Wildman–Crippen LogP) is 2.44. The lowest BCUT2D eigenvalue weighted by molar-refractivity contribution is -0.366. The Kier molecular flexibility index (Phi) is 7.98. The summed E-state index contributed by atoms with van der Waals surface area (Å²) in [6, 6.07) is 11.7. The standard InChI is InChI=1S/C24H31BrO7/c1-13(2)17-11-19(30-3)18(10-15(17)9-14-5-7-16(25)8-6-14)24(31-4)23(29)22(28)21(27)20(12-26)32-24/h5-8,10-11,13,20-23,26-29H,9,12H2,1-4H3/t20-,21-,22+,23-,24+/m1/s1. The number of aliphatic hydroxyl groups excluding tert-OH is 4. The van der Waals surface area contributed by atoms with Gasteiger partial charge in [-0.15, -0.1) is 0 Å². The number of benzene rings is 2. The highest BCUT2D eigenvalue weighted by Crippen LogP contribution is 2.45. The number of rotatable bonds is 7. The van der Waals surface area contributed by atoms with Crippen molar-refractivity contribution in [2.24, 2.45) is 0 Å². The molecule has 0 aromatic heterocycles. The van der Waals surface area contributed by atoms with Gasteiger partial charge in [0.2, 0.25) is 5.79 Å². The fraction of sp³-hybridized carbons (Fsp3) is 0.500. The molecule has 0 bridgehead atoms. The maximum absolute atomic E-state index is 10.9. The molecule has 1 saturated heterocycles. The van der Waals surface area contributed by atoms with Crippen LogP contribution in [0.15, 0.2) is 40.9 Å². The highest BCUT2D eigenvalue weighted by atomic mass is 79.9. The van der Waals surface area contributed by atoms with Gasteiger partial charge >= 0.3 is 0 Å². The zero-order valence-electron chi connectivity index (χ0n) is 18.7. The zero-order valence-corrected chi connectivity index (χ0v) is 20.2. The van der Waals surface area contributed by atoms with E-state index in [0.717, 1.165) is 21.2 Å². The van der Waals surface area contributed by atoms with Crippen LogP contribution in [0.2, 0.25) is 0 Å². The lowest BCUT2D eigenvalue weighted by Gasteiger charge is -2.48. The van der Waals surface area contributed by atoms with Crippen molar-refractivity contribution < 1.29 is 34.6 Å². The Balaban J connectivity index is 2.18. The lowest BCUT2D eigenvalue weighted by Crippen LogP contribution is -2.64. The van der Waals surface area contributed by atoms with Gasteiger partial charge in [-0.2, -0.15) is 0 Å². The summed E-state index contributed by atoms with van der Waals surface area (Å²) in [5, 5.41) is 41.3. The minimum Gasteiger partial charge on any atom is -0.496 e. The molecule has 5 atom stereocenters. The molecule has 0 unspecified atom stereocenters. The van der Waals surface area contributed by atoms with Crippen LogP contribution < -0.4 is 4.74 Å². The molecule has 0 radical (unpaired) electrons. The van der Waals surface area contributed by atoms with Gasteiger partial charge in [0.1, 0.15) is 30.2 Å². The van der Waals surface area contributed by atoms with Gasteiger partial charge in [-0.05, 0) is 53.3 Å². The summed E-state index contributed by atoms with van der Waals surface area (Å²) in [6.45, 7) is 3.60. The van der Waals surface area contributed by atoms with E-state index in [2.05, 4.69) is 29.8 Å². The second-order valence-corrected chi connectivity index (χ2v) is 9.26. The number of ether oxygens (including phenoxy) is 3. The number of aliphatic hydroxyl groups is 4. The Hall–Kier alpha value is -1.52. The summed E-state index contributed by atoms with van der Waals surface area (Å²) in [5.41, 5.74) is 3.50. The van der Waals surface area contributed by atoms with Gasteiger partial charge in [-0.3, -0.25) is 0 Å². The maximum Gasteiger partial charge on any atom is 0.228 e. The van der Waals surface area contributed by atoms with E-state index in [-0.39, 0.29) is 5.92 Å². The largest absolute Gasteiger partial charge is 0.496 e. The van der Waals surface area contributed by atoms with E-state index in [0.29, 0.717) is 17.7 Å². The number of hydrogen-bond donors (Lipinski definition) is 4. The van der Waals surface area contributed by atoms with Crippen molar-refractivity contribution in [2.45, 2.75) is 56.4 Å². The molecular weight excluding hydrogens is 480 g/mol. The Labute approximate surface area is 196 Å². The summed E-state index contributed by atoms with van der Waals surface area (Å²) in [6.07, 6.45) is -5.23. The fourth-order valence-electron chi connectivity index (χ4n) is 4.24. The van der Waals surface area contributed by atoms with Crippen molar-refractivity contribution in [1.29, 1.82) is 0 Å². The van der Waals surface area contributed by atoms with Gasteiger partial charge in [0.05, 0.1) is 19.3 Å². The minimum atomic E-state index is -1.85. The number of hydrogen-bond acceptors (Lipinski definition) is 7. The summed E-state index contributed by atoms with van der Waals surface area (Å²) in [5.74, 6) is -1.24. The van der Waals surface area contributed by atoms with Crippen LogP contribution in [0, 0.1) is 0 Å². The van der Waals surface area contributed by atoms with E-state index in [1.54, 1.807) is 0 Å². The number of halogens is 1. The Morgan fingerprint density at radius 1 is 1.06 bits per heavy atom. The molecule has 2 aromatic carbocycles. The summed E-state index contributed by atoms with van der Waals surface area (Å²) in [4.78, 5) is 0. The molecule has 176 valence electrons. The van der Waals surface area contributed by atoms with Gasteiger partial charge in [0.15, 0.2) is 0 Å². The molecule has 0 aliphatic carbocycles. The molecule has 0 saturated carbocycles. The van der Waals surface area contributed by atoms with Gasteiger partial charge in [-0.1, -0.05) is 41.9 Å². The van der Waals surface area contributed by atoms with Crippen LogP contribution in [0.4, 0.5) is 0 Å². The first-order chi connectivity index (χ1) is 15.2. The molecule has 32 heavy (non-hydrogen) atoms. The van der Waals surface area contributed by atoms with Gasteiger partial charge in [0.25, 0.3) is 0 Å². The monoisotopic (exact) mass is 510 g/mol. The van der Waals surface area contributed by atoms with Gasteiger partial charge in [0, 0.05) is 11.6 Å². The Morgan fingerprint density at radius 3 is 2.25 bits per heavy atom. The average Bonchev–Trinajstić information content (AvgIpc) is 2.79. The van der Waals surface area contributed by atoms with Crippen molar-refractivity contribution in [3.05, 3.63) is 63.1 Å². The molecule has 0 amide bonds. The molecule has 1 aliphatic rings. The second-order valence-electron chi connectivity index (χ2n) is 8.35. The van der Waals surface area contributed by atoms with Crippen molar-refractivity contribution >= 4 is 15.9 Å². The topological polar surface area (TPSA) is 109 Å². The predicted molar refractivity (Wildman–Crippen MR) is 123 cm³/mol. The summed E-state index contributed by atoms with van der Waals surface area (Å²) >= 11 is 3.46. The molecule has 4 N–H and O–H groups in total. The third-order valence-electron chi connectivity index (χ3n) is 6.02. The Morgan fingerprint density at radius 2 is 1.72 bits per heavy atom. The minimum absolute atomic E-state index is 0.191. The fourth-order valence-corrected chi connectivity index (χ4v) is 4.50. The van der Waals surface area contributed by atoms with E-state index in [1.165, 1.54) is 14.2 Å². The SMILES string of the molecule is COc1cc(C(C)C)c(Cc2ccc(Br)cc2)cc1[C@]1(OC)O[C@H](CO)[C@@H](O)[C@H](O)[C@H]1O. The van der Waals surface area contributed by atoms with E-state index < -0.39 is 36.8 Å². The van der Waals surface area contributed by atoms with Crippen LogP contribution in [0.25, 0.3) is 0 Å². The quantitative estimate of drug-likeness (QED) is 0.452. The molecule has 3 rings (SSSR count).